The van der Waals surface area contributed by atoms with Crippen LogP contribution in [0.25, 0.3) is 0 Å². The van der Waals surface area contributed by atoms with Crippen molar-refractivity contribution < 1.29 is 9.47 Å². The Morgan fingerprint density at radius 1 is 1.25 bits per heavy atom. The number of benzene rings is 1. The molecule has 0 aliphatic rings. The van der Waals surface area contributed by atoms with Crippen LogP contribution in [0.15, 0.2) is 24.3 Å². The molecule has 0 atom stereocenters. The largest absolute Gasteiger partial charge is 0.493 e. The van der Waals surface area contributed by atoms with Gasteiger partial charge in [-0.1, -0.05) is 13.0 Å². The number of alkyl halides is 1. The van der Waals surface area contributed by atoms with E-state index in [-0.39, 0.29) is 0 Å². The van der Waals surface area contributed by atoms with Gasteiger partial charge < -0.3 is 9.47 Å². The highest BCUT2D eigenvalue weighted by Crippen LogP contribution is 2.29. The van der Waals surface area contributed by atoms with Crippen molar-refractivity contribution in [3.05, 3.63) is 41.2 Å². The first-order chi connectivity index (χ1) is 9.67. The van der Waals surface area contributed by atoms with Gasteiger partial charge in [-0.05, 0) is 30.2 Å². The molecule has 0 fully saturated rings. The van der Waals surface area contributed by atoms with Crippen molar-refractivity contribution >= 4 is 11.6 Å². The summed E-state index contributed by atoms with van der Waals surface area (Å²) in [5, 5.41) is 4.40. The number of aryl methyl sites for hydroxylation is 2. The molecule has 0 aliphatic carbocycles. The Labute approximate surface area is 124 Å². The van der Waals surface area contributed by atoms with Crippen molar-refractivity contribution in [3.8, 4) is 11.5 Å². The number of nitrogens with zero attached hydrogens (tertiary/aromatic N) is 2. The van der Waals surface area contributed by atoms with Gasteiger partial charge in [0.05, 0.1) is 18.5 Å². The number of aromatic nitrogens is 2. The third kappa shape index (κ3) is 3.25. The van der Waals surface area contributed by atoms with Crippen LogP contribution in [0.4, 0.5) is 0 Å². The van der Waals surface area contributed by atoms with Crippen LogP contribution in [0, 0.1) is 0 Å². The van der Waals surface area contributed by atoms with Crippen LogP contribution in [0.1, 0.15) is 23.9 Å². The second-order valence-electron chi connectivity index (χ2n) is 4.51. The molecule has 2 aromatic rings. The van der Waals surface area contributed by atoms with Gasteiger partial charge >= 0.3 is 0 Å². The van der Waals surface area contributed by atoms with E-state index in [4.69, 9.17) is 21.1 Å². The molecule has 2 rings (SSSR count). The van der Waals surface area contributed by atoms with Crippen LogP contribution >= 0.6 is 11.6 Å². The van der Waals surface area contributed by atoms with Crippen molar-refractivity contribution in [2.45, 2.75) is 25.8 Å². The van der Waals surface area contributed by atoms with Crippen LogP contribution in [-0.2, 0) is 26.0 Å². The molecule has 1 heterocycles. The summed E-state index contributed by atoms with van der Waals surface area (Å²) in [6, 6.07) is 7.76. The summed E-state index contributed by atoms with van der Waals surface area (Å²) >= 11 is 5.85. The predicted octanol–water partition coefficient (Wildman–Crippen LogP) is 3.31. The van der Waals surface area contributed by atoms with Gasteiger partial charge in [-0.3, -0.25) is 4.68 Å². The standard InChI is InChI=1S/C15H19ClN2O2/c1-4-12-8-13(18(2)17-12)10-20-15-7-11(9-16)5-6-14(15)19-3/h5-8H,4,9-10H2,1-3H3. The summed E-state index contributed by atoms with van der Waals surface area (Å²) in [4.78, 5) is 0. The number of methoxy groups -OCH3 is 1. The van der Waals surface area contributed by atoms with Gasteiger partial charge in [0, 0.05) is 12.9 Å². The molecular formula is C15H19ClN2O2. The lowest BCUT2D eigenvalue weighted by molar-refractivity contribution is 0.275. The summed E-state index contributed by atoms with van der Waals surface area (Å²) in [7, 11) is 3.55. The average Bonchev–Trinajstić information content (AvgIpc) is 2.85. The van der Waals surface area contributed by atoms with E-state index in [0.717, 1.165) is 23.4 Å². The number of halogens is 1. The summed E-state index contributed by atoms with van der Waals surface area (Å²) in [6.07, 6.45) is 0.916. The second-order valence-corrected chi connectivity index (χ2v) is 4.78. The van der Waals surface area contributed by atoms with E-state index >= 15 is 0 Å². The molecule has 108 valence electrons. The molecule has 0 aliphatic heterocycles. The van der Waals surface area contributed by atoms with E-state index in [2.05, 4.69) is 18.1 Å². The van der Waals surface area contributed by atoms with Crippen molar-refractivity contribution in [1.29, 1.82) is 0 Å². The molecule has 0 N–H and O–H groups in total. The molecule has 0 saturated carbocycles. The van der Waals surface area contributed by atoms with Crippen LogP contribution in [-0.4, -0.2) is 16.9 Å². The van der Waals surface area contributed by atoms with E-state index in [0.29, 0.717) is 24.0 Å². The quantitative estimate of drug-likeness (QED) is 0.767. The third-order valence-corrected chi connectivity index (χ3v) is 3.46. The highest BCUT2D eigenvalue weighted by atomic mass is 35.5. The molecule has 0 unspecified atom stereocenters. The van der Waals surface area contributed by atoms with E-state index in [1.807, 2.05) is 29.9 Å². The molecule has 20 heavy (non-hydrogen) atoms. The zero-order valence-corrected chi connectivity index (χ0v) is 12.8. The van der Waals surface area contributed by atoms with Gasteiger partial charge in [0.1, 0.15) is 6.61 Å². The number of ether oxygens (including phenoxy) is 2. The van der Waals surface area contributed by atoms with Gasteiger partial charge in [-0.2, -0.15) is 5.10 Å². The van der Waals surface area contributed by atoms with E-state index in [1.165, 1.54) is 0 Å². The molecule has 0 radical (unpaired) electrons. The average molecular weight is 295 g/mol. The van der Waals surface area contributed by atoms with Crippen LogP contribution in [0.5, 0.6) is 11.5 Å². The highest BCUT2D eigenvalue weighted by Gasteiger charge is 2.09. The van der Waals surface area contributed by atoms with Gasteiger partial charge in [-0.15, -0.1) is 11.6 Å². The minimum atomic E-state index is 0.450. The first-order valence-electron chi connectivity index (χ1n) is 6.55. The van der Waals surface area contributed by atoms with Crippen LogP contribution in [0.3, 0.4) is 0 Å². The number of rotatable bonds is 6. The molecular weight excluding hydrogens is 276 g/mol. The molecule has 0 bridgehead atoms. The summed E-state index contributed by atoms with van der Waals surface area (Å²) in [5.41, 5.74) is 3.09. The highest BCUT2D eigenvalue weighted by molar-refractivity contribution is 6.17. The zero-order chi connectivity index (χ0) is 14.5. The molecule has 0 saturated heterocycles. The Balaban J connectivity index is 2.14. The van der Waals surface area contributed by atoms with Crippen LogP contribution < -0.4 is 9.47 Å². The van der Waals surface area contributed by atoms with Crippen molar-refractivity contribution in [2.75, 3.05) is 7.11 Å². The maximum absolute atomic E-state index is 5.85. The first-order valence-corrected chi connectivity index (χ1v) is 7.08. The normalized spacial score (nSPS) is 10.6. The fourth-order valence-electron chi connectivity index (χ4n) is 1.95. The Morgan fingerprint density at radius 3 is 2.65 bits per heavy atom. The Bertz CT molecular complexity index is 581. The lowest BCUT2D eigenvalue weighted by Gasteiger charge is -2.11. The van der Waals surface area contributed by atoms with Gasteiger partial charge in [0.15, 0.2) is 11.5 Å². The minimum absolute atomic E-state index is 0.450. The third-order valence-electron chi connectivity index (χ3n) is 3.15. The van der Waals surface area contributed by atoms with Crippen molar-refractivity contribution in [2.24, 2.45) is 7.05 Å². The topological polar surface area (TPSA) is 36.3 Å². The first kappa shape index (κ1) is 14.7. The van der Waals surface area contributed by atoms with Crippen molar-refractivity contribution in [1.82, 2.24) is 9.78 Å². The molecule has 4 nitrogen and oxygen atoms in total. The van der Waals surface area contributed by atoms with E-state index in [9.17, 15) is 0 Å². The fraction of sp³-hybridized carbons (Fsp3) is 0.400. The smallest absolute Gasteiger partial charge is 0.162 e. The Kier molecular flexibility index (Phi) is 4.90. The van der Waals surface area contributed by atoms with Crippen LogP contribution in [0.2, 0.25) is 0 Å². The summed E-state index contributed by atoms with van der Waals surface area (Å²) < 4.78 is 13.0. The molecule has 1 aromatic heterocycles. The minimum Gasteiger partial charge on any atom is -0.493 e. The molecule has 5 heteroatoms. The van der Waals surface area contributed by atoms with Gasteiger partial charge in [0.2, 0.25) is 0 Å². The monoisotopic (exact) mass is 294 g/mol. The fourth-order valence-corrected chi connectivity index (χ4v) is 2.11. The maximum atomic E-state index is 5.85. The number of hydrogen-bond acceptors (Lipinski definition) is 3. The zero-order valence-electron chi connectivity index (χ0n) is 12.0. The summed E-state index contributed by atoms with van der Waals surface area (Å²) in [5.74, 6) is 1.85. The molecule has 0 spiro atoms. The van der Waals surface area contributed by atoms with Gasteiger partial charge in [0.25, 0.3) is 0 Å². The maximum Gasteiger partial charge on any atom is 0.162 e. The second kappa shape index (κ2) is 6.66. The lowest BCUT2D eigenvalue weighted by Crippen LogP contribution is -2.04. The van der Waals surface area contributed by atoms with Crippen molar-refractivity contribution in [3.63, 3.8) is 0 Å². The van der Waals surface area contributed by atoms with Gasteiger partial charge in [-0.25, -0.2) is 0 Å². The van der Waals surface area contributed by atoms with E-state index in [1.54, 1.807) is 7.11 Å². The Hall–Kier alpha value is -1.68. The molecule has 1 aromatic carbocycles. The number of hydrogen-bond donors (Lipinski definition) is 0. The lowest BCUT2D eigenvalue weighted by atomic mass is 10.2. The van der Waals surface area contributed by atoms with E-state index < -0.39 is 0 Å². The summed E-state index contributed by atoms with van der Waals surface area (Å²) in [6.45, 7) is 2.53. The SMILES string of the molecule is CCc1cc(COc2cc(CCl)ccc2OC)n(C)n1. The Morgan fingerprint density at radius 2 is 2.05 bits per heavy atom. The molecule has 0 amide bonds. The predicted molar refractivity (Wildman–Crippen MR) is 79.5 cm³/mol.